The van der Waals surface area contributed by atoms with Crippen molar-refractivity contribution in [2.24, 2.45) is 10.9 Å². The molecule has 0 radical (unpaired) electrons. The summed E-state index contributed by atoms with van der Waals surface area (Å²) in [6.45, 7) is 6.28. The Bertz CT molecular complexity index is 1480. The second-order valence-corrected chi connectivity index (χ2v) is 10.9. The number of carbonyl (C=O) groups is 1. The number of urea groups is 1. The summed E-state index contributed by atoms with van der Waals surface area (Å²) in [4.78, 5) is 20.9. The van der Waals surface area contributed by atoms with E-state index < -0.39 is 0 Å². The van der Waals surface area contributed by atoms with Gasteiger partial charge in [0.05, 0.1) is 5.69 Å². The summed E-state index contributed by atoms with van der Waals surface area (Å²) in [7, 11) is 3.45. The van der Waals surface area contributed by atoms with E-state index in [0.29, 0.717) is 0 Å². The van der Waals surface area contributed by atoms with Gasteiger partial charge in [0.15, 0.2) is 0 Å². The third-order valence-electron chi connectivity index (χ3n) is 7.90. The molecule has 2 aromatic carbocycles. The zero-order valence-electron chi connectivity index (χ0n) is 23.5. The molecule has 1 fully saturated rings. The molecular weight excluding hydrogens is 498 g/mol. The molecular formula is C32H37N7O. The van der Waals surface area contributed by atoms with Crippen LogP contribution in [0, 0.1) is 5.92 Å². The van der Waals surface area contributed by atoms with Crippen LogP contribution in [0.4, 0.5) is 10.5 Å². The van der Waals surface area contributed by atoms with E-state index >= 15 is 0 Å². The molecule has 0 saturated carbocycles. The number of rotatable bonds is 7. The molecule has 0 bridgehead atoms. The van der Waals surface area contributed by atoms with Gasteiger partial charge in [-0.2, -0.15) is 5.10 Å². The molecule has 6 rings (SSSR count). The lowest BCUT2D eigenvalue weighted by atomic mass is 9.88. The van der Waals surface area contributed by atoms with Gasteiger partial charge in [0, 0.05) is 68.0 Å². The highest BCUT2D eigenvalue weighted by molar-refractivity contribution is 5.94. The molecule has 206 valence electrons. The Hall–Kier alpha value is -4.17. The Morgan fingerprint density at radius 2 is 1.90 bits per heavy atom. The number of aliphatic imine (C=N–C) groups is 1. The summed E-state index contributed by atoms with van der Waals surface area (Å²) >= 11 is 0. The lowest BCUT2D eigenvalue weighted by Crippen LogP contribution is -2.28. The minimum absolute atomic E-state index is 0.0429. The average molecular weight is 536 g/mol. The monoisotopic (exact) mass is 535 g/mol. The number of fused-ring (bicyclic) bond motifs is 1. The summed E-state index contributed by atoms with van der Waals surface area (Å²) < 4.78 is 1.99. The number of anilines is 1. The van der Waals surface area contributed by atoms with Crippen molar-refractivity contribution in [3.05, 3.63) is 83.6 Å². The number of amides is 2. The Morgan fingerprint density at radius 3 is 2.65 bits per heavy atom. The summed E-state index contributed by atoms with van der Waals surface area (Å²) in [6, 6.07) is 16.6. The zero-order chi connectivity index (χ0) is 27.6. The summed E-state index contributed by atoms with van der Waals surface area (Å²) in [6.07, 6.45) is 11.1. The van der Waals surface area contributed by atoms with Gasteiger partial charge in [-0.05, 0) is 79.9 Å². The number of likely N-dealkylation sites (tertiary alicyclic amines) is 1. The van der Waals surface area contributed by atoms with Crippen molar-refractivity contribution in [2.45, 2.75) is 39.0 Å². The molecule has 2 atom stereocenters. The van der Waals surface area contributed by atoms with Gasteiger partial charge in [-0.15, -0.1) is 0 Å². The minimum atomic E-state index is -0.153. The van der Waals surface area contributed by atoms with Crippen molar-refractivity contribution in [1.82, 2.24) is 24.9 Å². The van der Waals surface area contributed by atoms with Gasteiger partial charge >= 0.3 is 6.03 Å². The van der Waals surface area contributed by atoms with Crippen molar-refractivity contribution >= 4 is 29.2 Å². The number of aryl methyl sites for hydroxylation is 1. The van der Waals surface area contributed by atoms with Crippen LogP contribution in [0.5, 0.6) is 0 Å². The van der Waals surface area contributed by atoms with Crippen LogP contribution in [-0.4, -0.2) is 65.2 Å². The number of nitrogens with zero attached hydrogens (tertiary/aromatic N) is 5. The molecule has 4 heterocycles. The number of hydrogen-bond donors (Lipinski definition) is 2. The predicted octanol–water partition coefficient (Wildman–Crippen LogP) is 5.31. The zero-order valence-corrected chi connectivity index (χ0v) is 23.5. The maximum Gasteiger partial charge on any atom is 0.321 e. The fraction of sp³-hybridized carbons (Fsp3) is 0.344. The van der Waals surface area contributed by atoms with E-state index in [0.717, 1.165) is 41.3 Å². The first kappa shape index (κ1) is 26.1. The molecule has 2 N–H and O–H groups in total. The minimum Gasteiger partial charge on any atom is -0.363 e. The number of hydrogen-bond acceptors (Lipinski definition) is 5. The summed E-state index contributed by atoms with van der Waals surface area (Å²) in [5.41, 5.74) is 8.70. The lowest BCUT2D eigenvalue weighted by molar-refractivity contribution is 0.230. The third-order valence-corrected chi connectivity index (χ3v) is 7.90. The largest absolute Gasteiger partial charge is 0.363 e. The van der Waals surface area contributed by atoms with Gasteiger partial charge in [-0.25, -0.2) is 4.79 Å². The van der Waals surface area contributed by atoms with Gasteiger partial charge in [0.2, 0.25) is 0 Å². The molecule has 3 aromatic rings. The molecule has 40 heavy (non-hydrogen) atoms. The SMILES string of the molecule is CCn1cc(C2=CC=NC3NC(c4cccc(CN5CCCC5)c4)=CC23)c(-c2ccc(NC(=O)N(C)C)cc2)n1. The number of benzene rings is 2. The van der Waals surface area contributed by atoms with E-state index in [4.69, 9.17) is 10.1 Å². The molecule has 8 heteroatoms. The van der Waals surface area contributed by atoms with Crippen LogP contribution >= 0.6 is 0 Å². The van der Waals surface area contributed by atoms with Crippen molar-refractivity contribution in [1.29, 1.82) is 0 Å². The fourth-order valence-electron chi connectivity index (χ4n) is 5.72. The van der Waals surface area contributed by atoms with Gasteiger partial charge < -0.3 is 15.5 Å². The maximum absolute atomic E-state index is 12.1. The molecule has 1 saturated heterocycles. The van der Waals surface area contributed by atoms with E-state index in [1.807, 2.05) is 35.2 Å². The molecule has 2 unspecified atom stereocenters. The Labute approximate surface area is 236 Å². The Morgan fingerprint density at radius 1 is 1.10 bits per heavy atom. The molecule has 3 aliphatic rings. The van der Waals surface area contributed by atoms with E-state index in [1.165, 1.54) is 47.5 Å². The quantitative estimate of drug-likeness (QED) is 0.430. The molecule has 8 nitrogen and oxygen atoms in total. The van der Waals surface area contributed by atoms with E-state index in [1.54, 1.807) is 14.1 Å². The van der Waals surface area contributed by atoms with Crippen LogP contribution in [0.2, 0.25) is 0 Å². The number of allylic oxidation sites excluding steroid dienone is 1. The maximum atomic E-state index is 12.1. The van der Waals surface area contributed by atoms with Crippen LogP contribution < -0.4 is 10.6 Å². The second-order valence-electron chi connectivity index (χ2n) is 10.9. The highest BCUT2D eigenvalue weighted by Gasteiger charge is 2.34. The molecule has 2 amide bonds. The van der Waals surface area contributed by atoms with Crippen LogP contribution in [0.15, 0.2) is 71.9 Å². The molecule has 1 aromatic heterocycles. The fourth-order valence-corrected chi connectivity index (χ4v) is 5.72. The molecule has 3 aliphatic heterocycles. The Balaban J connectivity index is 1.28. The lowest BCUT2D eigenvalue weighted by Gasteiger charge is -2.22. The van der Waals surface area contributed by atoms with Gasteiger partial charge in [-0.1, -0.05) is 30.3 Å². The first-order valence-electron chi connectivity index (χ1n) is 14.2. The van der Waals surface area contributed by atoms with Crippen molar-refractivity contribution < 1.29 is 4.79 Å². The van der Waals surface area contributed by atoms with Crippen molar-refractivity contribution in [3.8, 4) is 11.3 Å². The standard InChI is InChI=1S/C32H37N7O/c1-4-39-21-28(30(36-39)23-10-12-25(13-11-23)34-32(40)37(2)3)26-14-15-33-31-27(26)19-29(35-31)24-9-7-8-22(18-24)20-38-16-5-6-17-38/h7-15,18-19,21,27,31,35H,4-6,16-17,20H2,1-3H3,(H,34,40). The van der Waals surface area contributed by atoms with E-state index in [2.05, 4.69) is 65.1 Å². The Kier molecular flexibility index (Phi) is 7.26. The number of aromatic nitrogens is 2. The van der Waals surface area contributed by atoms with Crippen LogP contribution in [-0.2, 0) is 13.1 Å². The number of carbonyl (C=O) groups excluding carboxylic acids is 1. The van der Waals surface area contributed by atoms with E-state index in [-0.39, 0.29) is 18.1 Å². The first-order chi connectivity index (χ1) is 19.5. The highest BCUT2D eigenvalue weighted by atomic mass is 16.2. The first-order valence-corrected chi connectivity index (χ1v) is 14.2. The van der Waals surface area contributed by atoms with E-state index in [9.17, 15) is 4.79 Å². The van der Waals surface area contributed by atoms with Crippen LogP contribution in [0.25, 0.3) is 22.5 Å². The highest BCUT2D eigenvalue weighted by Crippen LogP contribution is 2.40. The van der Waals surface area contributed by atoms with Crippen LogP contribution in [0.1, 0.15) is 36.5 Å². The third kappa shape index (κ3) is 5.31. The van der Waals surface area contributed by atoms with Gasteiger partial charge in [0.25, 0.3) is 0 Å². The normalized spacial score (nSPS) is 20.1. The topological polar surface area (TPSA) is 77.8 Å². The number of nitrogens with one attached hydrogen (secondary N) is 2. The van der Waals surface area contributed by atoms with Gasteiger partial charge in [-0.3, -0.25) is 14.6 Å². The van der Waals surface area contributed by atoms with Crippen molar-refractivity contribution in [3.63, 3.8) is 0 Å². The summed E-state index contributed by atoms with van der Waals surface area (Å²) in [5.74, 6) is 0.106. The smallest absolute Gasteiger partial charge is 0.321 e. The van der Waals surface area contributed by atoms with Gasteiger partial charge in [0.1, 0.15) is 6.17 Å². The molecule has 0 aliphatic carbocycles. The average Bonchev–Trinajstić information content (AvgIpc) is 3.73. The summed E-state index contributed by atoms with van der Waals surface area (Å²) in [5, 5.41) is 11.5. The van der Waals surface area contributed by atoms with Crippen molar-refractivity contribution in [2.75, 3.05) is 32.5 Å². The second kappa shape index (κ2) is 11.1. The number of dihydropyridines is 1. The van der Waals surface area contributed by atoms with Crippen LogP contribution in [0.3, 0.4) is 0 Å². The molecule has 0 spiro atoms. The predicted molar refractivity (Wildman–Crippen MR) is 162 cm³/mol.